The van der Waals surface area contributed by atoms with E-state index in [0.717, 1.165) is 48.7 Å². The summed E-state index contributed by atoms with van der Waals surface area (Å²) in [7, 11) is 1.81. The Bertz CT molecular complexity index is 1120. The topological polar surface area (TPSA) is 65.8 Å². The second kappa shape index (κ2) is 8.30. The number of carbonyl (C=O) groups excluding carboxylic acids is 1. The predicted molar refractivity (Wildman–Crippen MR) is 122 cm³/mol. The van der Waals surface area contributed by atoms with Crippen molar-refractivity contribution in [2.75, 3.05) is 38.1 Å². The highest BCUT2D eigenvalue weighted by molar-refractivity contribution is 6.36. The summed E-state index contributed by atoms with van der Waals surface area (Å²) in [5.74, 6) is 1.12. The Morgan fingerprint density at radius 3 is 2.71 bits per heavy atom. The van der Waals surface area contributed by atoms with Crippen molar-refractivity contribution in [2.24, 2.45) is 5.92 Å². The molecule has 0 aliphatic carbocycles. The van der Waals surface area contributed by atoms with E-state index >= 15 is 0 Å². The highest BCUT2D eigenvalue weighted by atomic mass is 35.5. The Morgan fingerprint density at radius 2 is 1.94 bits per heavy atom. The summed E-state index contributed by atoms with van der Waals surface area (Å²) in [5, 5.41) is 9.11. The first-order chi connectivity index (χ1) is 15.0. The van der Waals surface area contributed by atoms with Crippen LogP contribution in [-0.2, 0) is 24.2 Å². The number of fused-ring (bicyclic) bond motifs is 2. The summed E-state index contributed by atoms with van der Waals surface area (Å²) in [4.78, 5) is 21.8. The summed E-state index contributed by atoms with van der Waals surface area (Å²) < 4.78 is 1.91. The molecule has 1 aromatic carbocycles. The first-order valence-corrected chi connectivity index (χ1v) is 11.3. The van der Waals surface area contributed by atoms with Crippen LogP contribution in [0.5, 0.6) is 0 Å². The summed E-state index contributed by atoms with van der Waals surface area (Å²) in [5.41, 5.74) is 4.01. The highest BCUT2D eigenvalue weighted by Gasteiger charge is 2.37. The minimum atomic E-state index is -0.0652. The first-order valence-electron chi connectivity index (χ1n) is 10.5. The van der Waals surface area contributed by atoms with Gasteiger partial charge in [0.05, 0.1) is 17.8 Å². The molecule has 1 N–H and O–H groups in total. The van der Waals surface area contributed by atoms with E-state index in [4.69, 9.17) is 28.2 Å². The molecule has 5 rings (SSSR count). The Kier molecular flexibility index (Phi) is 5.50. The van der Waals surface area contributed by atoms with Crippen LogP contribution in [0.3, 0.4) is 0 Å². The quantitative estimate of drug-likeness (QED) is 0.650. The number of amides is 1. The molecule has 7 nitrogen and oxygen atoms in total. The molecule has 2 aliphatic rings. The lowest BCUT2D eigenvalue weighted by Gasteiger charge is -2.42. The molecule has 1 fully saturated rings. The van der Waals surface area contributed by atoms with E-state index in [0.29, 0.717) is 29.7 Å². The van der Waals surface area contributed by atoms with Crippen molar-refractivity contribution >= 4 is 40.6 Å². The van der Waals surface area contributed by atoms with Crippen LogP contribution in [0.2, 0.25) is 10.0 Å². The van der Waals surface area contributed by atoms with Crippen LogP contribution in [0.15, 0.2) is 30.5 Å². The molecule has 0 unspecified atom stereocenters. The first kappa shape index (κ1) is 20.5. The Balaban J connectivity index is 1.34. The average molecular weight is 459 g/mol. The van der Waals surface area contributed by atoms with Crippen molar-refractivity contribution in [3.05, 3.63) is 57.3 Å². The lowest BCUT2D eigenvalue weighted by Crippen LogP contribution is -2.54. The molecule has 1 saturated heterocycles. The molecule has 162 valence electrons. The minimum Gasteiger partial charge on any atom is -0.354 e. The fourth-order valence-electron chi connectivity index (χ4n) is 4.46. The molecule has 0 saturated carbocycles. The standard InChI is InChI=1S/C22H24Cl2N6O/c1-28(13-16-17(23)3-2-4-18(16)24)22(31)14-11-29(12-14)21-15-5-8-25-9-6-19(15)27-20-7-10-26-30(20)21/h2-4,7,10,14,25H,5-6,8-9,11-13H2,1H3. The second-order valence-corrected chi connectivity index (χ2v) is 9.02. The van der Waals surface area contributed by atoms with E-state index in [1.54, 1.807) is 30.3 Å². The van der Waals surface area contributed by atoms with Gasteiger partial charge in [-0.1, -0.05) is 29.3 Å². The third-order valence-electron chi connectivity index (χ3n) is 6.15. The average Bonchev–Trinajstić information content (AvgIpc) is 3.05. The number of nitrogens with one attached hydrogen (secondary N) is 1. The molecular weight excluding hydrogens is 435 g/mol. The molecule has 9 heteroatoms. The van der Waals surface area contributed by atoms with Gasteiger partial charge in [0.15, 0.2) is 5.65 Å². The molecule has 3 aromatic rings. The van der Waals surface area contributed by atoms with Gasteiger partial charge in [0.25, 0.3) is 0 Å². The van der Waals surface area contributed by atoms with Crippen molar-refractivity contribution in [1.29, 1.82) is 0 Å². The van der Waals surface area contributed by atoms with Crippen LogP contribution >= 0.6 is 23.2 Å². The molecule has 2 aromatic heterocycles. The van der Waals surface area contributed by atoms with E-state index in [2.05, 4.69) is 15.3 Å². The SMILES string of the molecule is CN(Cc1c(Cl)cccc1Cl)C(=O)C1CN(c2c3c(nc4ccnn24)CCNCC3)C1. The summed E-state index contributed by atoms with van der Waals surface area (Å²) in [6, 6.07) is 7.34. The summed E-state index contributed by atoms with van der Waals surface area (Å²) in [6.45, 7) is 3.58. The predicted octanol–water partition coefficient (Wildman–Crippen LogP) is 2.82. The van der Waals surface area contributed by atoms with Gasteiger partial charge >= 0.3 is 0 Å². The van der Waals surface area contributed by atoms with E-state index in [1.807, 2.05) is 16.6 Å². The van der Waals surface area contributed by atoms with Crippen molar-refractivity contribution in [3.63, 3.8) is 0 Å². The number of hydrogen-bond donors (Lipinski definition) is 1. The highest BCUT2D eigenvalue weighted by Crippen LogP contribution is 2.32. The van der Waals surface area contributed by atoms with Gasteiger partial charge in [-0.2, -0.15) is 9.61 Å². The molecule has 0 spiro atoms. The maximum Gasteiger partial charge on any atom is 0.229 e. The van der Waals surface area contributed by atoms with E-state index in [1.165, 1.54) is 5.56 Å². The molecule has 31 heavy (non-hydrogen) atoms. The lowest BCUT2D eigenvalue weighted by atomic mass is 9.96. The Hall–Kier alpha value is -2.35. The van der Waals surface area contributed by atoms with Crippen molar-refractivity contribution < 1.29 is 4.79 Å². The van der Waals surface area contributed by atoms with Gasteiger partial charge in [0.1, 0.15) is 5.82 Å². The van der Waals surface area contributed by atoms with Gasteiger partial charge < -0.3 is 15.1 Å². The molecule has 0 bridgehead atoms. The van der Waals surface area contributed by atoms with Crippen LogP contribution in [0.1, 0.15) is 16.8 Å². The third kappa shape index (κ3) is 3.75. The van der Waals surface area contributed by atoms with Crippen molar-refractivity contribution in [3.8, 4) is 0 Å². The van der Waals surface area contributed by atoms with Crippen LogP contribution in [0.25, 0.3) is 5.65 Å². The zero-order valence-electron chi connectivity index (χ0n) is 17.3. The number of nitrogens with zero attached hydrogens (tertiary/aromatic N) is 5. The fraction of sp³-hybridized carbons (Fsp3) is 0.409. The van der Waals surface area contributed by atoms with Gasteiger partial charge in [-0.15, -0.1) is 0 Å². The van der Waals surface area contributed by atoms with Gasteiger partial charge in [0.2, 0.25) is 5.91 Å². The lowest BCUT2D eigenvalue weighted by molar-refractivity contribution is -0.135. The van der Waals surface area contributed by atoms with E-state index in [-0.39, 0.29) is 11.8 Å². The van der Waals surface area contributed by atoms with Crippen LogP contribution in [-0.4, -0.2) is 58.6 Å². The molecule has 2 aliphatic heterocycles. The Labute approximate surface area is 190 Å². The van der Waals surface area contributed by atoms with Gasteiger partial charge in [-0.05, 0) is 25.1 Å². The largest absolute Gasteiger partial charge is 0.354 e. The second-order valence-electron chi connectivity index (χ2n) is 8.21. The molecule has 4 heterocycles. The maximum atomic E-state index is 13.1. The summed E-state index contributed by atoms with van der Waals surface area (Å²) >= 11 is 12.6. The minimum absolute atomic E-state index is 0.0652. The number of carbonyl (C=O) groups is 1. The molecule has 0 radical (unpaired) electrons. The van der Waals surface area contributed by atoms with Crippen molar-refractivity contribution in [2.45, 2.75) is 19.4 Å². The van der Waals surface area contributed by atoms with Crippen LogP contribution < -0.4 is 10.2 Å². The molecule has 1 amide bonds. The van der Waals surface area contributed by atoms with Gasteiger partial charge in [-0.3, -0.25) is 4.79 Å². The Morgan fingerprint density at radius 1 is 1.19 bits per heavy atom. The normalized spacial score (nSPS) is 16.7. The summed E-state index contributed by atoms with van der Waals surface area (Å²) in [6.07, 6.45) is 3.60. The van der Waals surface area contributed by atoms with Gasteiger partial charge in [0, 0.05) is 66.9 Å². The number of rotatable bonds is 4. The third-order valence-corrected chi connectivity index (χ3v) is 6.85. The van der Waals surface area contributed by atoms with Crippen LogP contribution in [0.4, 0.5) is 5.82 Å². The number of anilines is 1. The zero-order valence-corrected chi connectivity index (χ0v) is 18.8. The number of hydrogen-bond acceptors (Lipinski definition) is 5. The number of benzene rings is 1. The van der Waals surface area contributed by atoms with E-state index < -0.39 is 0 Å². The number of aromatic nitrogens is 3. The van der Waals surface area contributed by atoms with E-state index in [9.17, 15) is 4.79 Å². The smallest absolute Gasteiger partial charge is 0.229 e. The zero-order chi connectivity index (χ0) is 21.5. The van der Waals surface area contributed by atoms with Crippen molar-refractivity contribution in [1.82, 2.24) is 24.8 Å². The molecular formula is C22H24Cl2N6O. The maximum absolute atomic E-state index is 13.1. The van der Waals surface area contributed by atoms with Gasteiger partial charge in [-0.25, -0.2) is 4.98 Å². The number of halogens is 2. The fourth-order valence-corrected chi connectivity index (χ4v) is 4.97. The molecule has 0 atom stereocenters. The van der Waals surface area contributed by atoms with Crippen LogP contribution in [0, 0.1) is 5.92 Å². The monoisotopic (exact) mass is 458 g/mol.